The molecule has 0 amide bonds. The molecule has 1 aliphatic rings. The lowest BCUT2D eigenvalue weighted by Gasteiger charge is -2.40. The molecule has 0 aromatic carbocycles. The second-order valence-electron chi connectivity index (χ2n) is 20.6. The Morgan fingerprint density at radius 3 is 1.27 bits per heavy atom. The van der Waals surface area contributed by atoms with Crippen molar-refractivity contribution in [2.24, 2.45) is 0 Å². The van der Waals surface area contributed by atoms with Gasteiger partial charge in [0.15, 0.2) is 24.6 Å². The summed E-state index contributed by atoms with van der Waals surface area (Å²) in [5.41, 5.74) is 0. The van der Waals surface area contributed by atoms with Crippen LogP contribution in [0.1, 0.15) is 252 Å². The maximum atomic E-state index is 13.2. The minimum atomic E-state index is -1.91. The van der Waals surface area contributed by atoms with Crippen LogP contribution in [0.25, 0.3) is 0 Å². The molecule has 1 aliphatic heterocycles. The molecular weight excluding hydrogens is 973 g/mol. The normalized spacial score (nSPS) is 18.6. The number of carbonyl (C=O) groups is 4. The quantitative estimate of drug-likeness (QED) is 0.0228. The Morgan fingerprint density at radius 1 is 0.442 bits per heavy atom. The summed E-state index contributed by atoms with van der Waals surface area (Å²) in [6.45, 7) is 5.74. The lowest BCUT2D eigenvalue weighted by molar-refractivity contribution is -0.301. The summed E-state index contributed by atoms with van der Waals surface area (Å²) in [4.78, 5) is 51.2. The fourth-order valence-electron chi connectivity index (χ4n) is 8.84. The first-order chi connectivity index (χ1) is 37.6. The molecule has 1 heterocycles. The molecule has 1 rings (SSSR count). The molecular formula is C65H108O12. The minimum Gasteiger partial charge on any atom is -0.479 e. The maximum absolute atomic E-state index is 13.2. The lowest BCUT2D eigenvalue weighted by atomic mass is 9.98. The first-order valence-electron chi connectivity index (χ1n) is 30.6. The van der Waals surface area contributed by atoms with E-state index >= 15 is 0 Å². The molecule has 1 saturated heterocycles. The van der Waals surface area contributed by atoms with Crippen LogP contribution >= 0.6 is 0 Å². The van der Waals surface area contributed by atoms with E-state index in [0.717, 1.165) is 122 Å². The molecule has 3 N–H and O–H groups in total. The van der Waals surface area contributed by atoms with Crippen molar-refractivity contribution in [2.75, 3.05) is 13.2 Å². The van der Waals surface area contributed by atoms with Crippen molar-refractivity contribution in [3.63, 3.8) is 0 Å². The second-order valence-corrected chi connectivity index (χ2v) is 20.6. The van der Waals surface area contributed by atoms with Gasteiger partial charge in [0.2, 0.25) is 0 Å². The summed E-state index contributed by atoms with van der Waals surface area (Å²) < 4.78 is 28.4. The Balaban J connectivity index is 2.71. The van der Waals surface area contributed by atoms with Crippen LogP contribution in [0, 0.1) is 0 Å². The van der Waals surface area contributed by atoms with Gasteiger partial charge in [-0.3, -0.25) is 14.4 Å². The van der Waals surface area contributed by atoms with Crippen molar-refractivity contribution in [3.05, 3.63) is 85.1 Å². The van der Waals surface area contributed by atoms with Crippen LogP contribution in [0.15, 0.2) is 85.1 Å². The average molecular weight is 1080 g/mol. The van der Waals surface area contributed by atoms with E-state index in [1.807, 2.05) is 0 Å². The molecule has 440 valence electrons. The second kappa shape index (κ2) is 52.6. The van der Waals surface area contributed by atoms with Gasteiger partial charge in [-0.1, -0.05) is 228 Å². The predicted molar refractivity (Wildman–Crippen MR) is 312 cm³/mol. The molecule has 12 heteroatoms. The topological polar surface area (TPSA) is 175 Å². The Hall–Kier alpha value is -4.10. The van der Waals surface area contributed by atoms with Gasteiger partial charge >= 0.3 is 23.9 Å². The van der Waals surface area contributed by atoms with Gasteiger partial charge in [0.25, 0.3) is 0 Å². The summed E-state index contributed by atoms with van der Waals surface area (Å²) in [5, 5.41) is 31.5. The summed E-state index contributed by atoms with van der Waals surface area (Å²) in [7, 11) is 0. The van der Waals surface area contributed by atoms with Crippen LogP contribution in [0.2, 0.25) is 0 Å². The molecule has 0 spiro atoms. The third-order valence-corrected chi connectivity index (χ3v) is 13.5. The van der Waals surface area contributed by atoms with E-state index < -0.39 is 67.3 Å². The molecule has 0 bridgehead atoms. The van der Waals surface area contributed by atoms with Crippen molar-refractivity contribution in [3.8, 4) is 0 Å². The SMILES string of the molecule is CC/C=C\C/C=C\C/C=C\C/C=C\CCCCC(=O)OCC(COC1OC(C(=O)O)C(O)C(O)C1OC(=O)CCCCCCCCC/C=C\C/C=C\C/C=C\CC)OC(=O)CCCCCCCCCCCCCCCCC. The summed E-state index contributed by atoms with van der Waals surface area (Å²) in [6, 6.07) is 0. The van der Waals surface area contributed by atoms with Gasteiger partial charge < -0.3 is 39.0 Å². The first-order valence-corrected chi connectivity index (χ1v) is 30.6. The molecule has 6 atom stereocenters. The number of allylic oxidation sites excluding steroid dienone is 14. The summed E-state index contributed by atoms with van der Waals surface area (Å²) >= 11 is 0. The number of hydrogen-bond donors (Lipinski definition) is 3. The van der Waals surface area contributed by atoms with Crippen molar-refractivity contribution >= 4 is 23.9 Å². The number of carboxylic acid groups (broad SMARTS) is 1. The number of aliphatic hydroxyl groups is 2. The smallest absolute Gasteiger partial charge is 0.335 e. The van der Waals surface area contributed by atoms with E-state index in [-0.39, 0.29) is 25.9 Å². The largest absolute Gasteiger partial charge is 0.479 e. The van der Waals surface area contributed by atoms with Crippen LogP contribution in [0.5, 0.6) is 0 Å². The van der Waals surface area contributed by atoms with Gasteiger partial charge in [0.1, 0.15) is 18.8 Å². The molecule has 0 aliphatic carbocycles. The third kappa shape index (κ3) is 42.5. The Bertz CT molecular complexity index is 1660. The molecule has 6 unspecified atom stereocenters. The van der Waals surface area contributed by atoms with E-state index in [1.165, 1.54) is 70.6 Å². The van der Waals surface area contributed by atoms with Crippen LogP contribution in [0.3, 0.4) is 0 Å². The summed E-state index contributed by atoms with van der Waals surface area (Å²) in [6.07, 6.45) is 55.5. The number of carbonyl (C=O) groups excluding carboxylic acids is 3. The number of hydrogen-bond acceptors (Lipinski definition) is 11. The van der Waals surface area contributed by atoms with Gasteiger partial charge in [0.05, 0.1) is 6.61 Å². The Morgan fingerprint density at radius 2 is 0.818 bits per heavy atom. The Labute approximate surface area is 467 Å². The van der Waals surface area contributed by atoms with Gasteiger partial charge in [-0.2, -0.15) is 0 Å². The lowest BCUT2D eigenvalue weighted by Crippen LogP contribution is -2.61. The molecule has 0 radical (unpaired) electrons. The highest BCUT2D eigenvalue weighted by Crippen LogP contribution is 2.26. The van der Waals surface area contributed by atoms with Crippen LogP contribution in [-0.2, 0) is 42.9 Å². The number of ether oxygens (including phenoxy) is 5. The van der Waals surface area contributed by atoms with Crippen LogP contribution in [-0.4, -0.2) is 89.2 Å². The number of aliphatic hydroxyl groups excluding tert-OH is 2. The van der Waals surface area contributed by atoms with E-state index in [1.54, 1.807) is 0 Å². The molecule has 0 aromatic rings. The Kier molecular flexibility index (Phi) is 48.4. The minimum absolute atomic E-state index is 0.0431. The molecule has 77 heavy (non-hydrogen) atoms. The van der Waals surface area contributed by atoms with Crippen molar-refractivity contribution in [1.82, 2.24) is 0 Å². The fraction of sp³-hybridized carbons (Fsp3) is 0.723. The third-order valence-electron chi connectivity index (χ3n) is 13.5. The van der Waals surface area contributed by atoms with E-state index in [9.17, 15) is 34.5 Å². The highest BCUT2D eigenvalue weighted by atomic mass is 16.7. The summed E-state index contributed by atoms with van der Waals surface area (Å²) in [5.74, 6) is -3.18. The van der Waals surface area contributed by atoms with Gasteiger partial charge in [-0.05, 0) is 89.9 Å². The van der Waals surface area contributed by atoms with Crippen molar-refractivity contribution < 1.29 is 58.2 Å². The van der Waals surface area contributed by atoms with E-state index in [0.29, 0.717) is 19.3 Å². The van der Waals surface area contributed by atoms with Gasteiger partial charge in [0, 0.05) is 19.3 Å². The molecule has 12 nitrogen and oxygen atoms in total. The van der Waals surface area contributed by atoms with Crippen LogP contribution in [0.4, 0.5) is 0 Å². The highest BCUT2D eigenvalue weighted by molar-refractivity contribution is 5.74. The standard InChI is InChI=1S/C65H108O12/c1-4-7-10-13-16-19-22-25-28-29-32-35-38-41-44-47-50-53-59(68)76-63-61(70)60(69)62(64(71)72)77-65(63)74-55-56(75-58(67)52-49-46-43-40-37-34-31-27-24-21-18-15-12-9-6-3)54-73-57(66)51-48-45-42-39-36-33-30-26-23-20-17-14-11-8-5-2/h7-8,10-11,16-17,19-20,25-26,28,30,36,39,56,60-63,65,69-70H,4-6,9,12-15,18,21-24,27,29,31-35,37-38,40-55H2,1-3H3,(H,71,72)/b10-7-,11-8-,19-16-,20-17-,28-25-,30-26-,39-36-. The molecule has 0 aromatic heterocycles. The highest BCUT2D eigenvalue weighted by Gasteiger charge is 2.50. The zero-order chi connectivity index (χ0) is 56.1. The van der Waals surface area contributed by atoms with Crippen molar-refractivity contribution in [1.29, 1.82) is 0 Å². The maximum Gasteiger partial charge on any atom is 0.335 e. The van der Waals surface area contributed by atoms with Crippen LogP contribution < -0.4 is 0 Å². The van der Waals surface area contributed by atoms with Gasteiger partial charge in [-0.25, -0.2) is 4.79 Å². The fourth-order valence-corrected chi connectivity index (χ4v) is 8.84. The van der Waals surface area contributed by atoms with Gasteiger partial charge in [-0.15, -0.1) is 0 Å². The number of rotatable bonds is 51. The zero-order valence-corrected chi connectivity index (χ0v) is 48.4. The average Bonchev–Trinajstić information content (AvgIpc) is 3.42. The predicted octanol–water partition coefficient (Wildman–Crippen LogP) is 15.9. The monoisotopic (exact) mass is 1080 g/mol. The molecule has 1 fully saturated rings. The zero-order valence-electron chi connectivity index (χ0n) is 48.4. The number of aliphatic carboxylic acids is 1. The van der Waals surface area contributed by atoms with E-state index in [4.69, 9.17) is 23.7 Å². The number of carboxylic acids is 1. The van der Waals surface area contributed by atoms with Crippen molar-refractivity contribution in [2.45, 2.75) is 289 Å². The van der Waals surface area contributed by atoms with E-state index in [2.05, 4.69) is 106 Å². The molecule has 0 saturated carbocycles. The number of esters is 3. The number of unbranched alkanes of at least 4 members (excludes halogenated alkanes) is 23. The first kappa shape index (κ1) is 70.9.